The summed E-state index contributed by atoms with van der Waals surface area (Å²) in [5.41, 5.74) is 4.04. The molecule has 0 saturated heterocycles. The molecule has 1 heterocycles. The van der Waals surface area contributed by atoms with E-state index in [1.165, 1.54) is 12.1 Å². The minimum atomic E-state index is -3.79. The maximum atomic E-state index is 12.6. The van der Waals surface area contributed by atoms with E-state index in [1.807, 2.05) is 18.2 Å². The van der Waals surface area contributed by atoms with Crippen LogP contribution in [0.25, 0.3) is 0 Å². The number of anilines is 3. The van der Waals surface area contributed by atoms with Crippen molar-refractivity contribution in [1.29, 1.82) is 0 Å². The number of benzene rings is 2. The van der Waals surface area contributed by atoms with Gasteiger partial charge in [0.2, 0.25) is 5.88 Å². The van der Waals surface area contributed by atoms with Gasteiger partial charge in [0.1, 0.15) is 0 Å². The molecule has 2 aromatic carbocycles. The molecule has 0 bridgehead atoms. The minimum Gasteiger partial charge on any atom is -0.337 e. The summed E-state index contributed by atoms with van der Waals surface area (Å²) in [7, 11) is -3.79. The van der Waals surface area contributed by atoms with E-state index in [0.29, 0.717) is 28.0 Å². The summed E-state index contributed by atoms with van der Waals surface area (Å²) in [6.07, 6.45) is 0. The van der Waals surface area contributed by atoms with Gasteiger partial charge in [0.15, 0.2) is 5.11 Å². The molecule has 3 rings (SSSR count). The molecule has 0 fully saturated rings. The number of rotatable bonds is 6. The summed E-state index contributed by atoms with van der Waals surface area (Å²) in [6.45, 7) is 7.72. The molecule has 0 radical (unpaired) electrons. The maximum absolute atomic E-state index is 12.6. The molecule has 0 spiro atoms. The Kier molecular flexibility index (Phi) is 6.42. The van der Waals surface area contributed by atoms with Gasteiger partial charge in [0.05, 0.1) is 10.6 Å². The van der Waals surface area contributed by atoms with Crippen LogP contribution in [-0.4, -0.2) is 18.7 Å². The molecule has 7 nitrogen and oxygen atoms in total. The van der Waals surface area contributed by atoms with E-state index in [4.69, 9.17) is 16.7 Å². The zero-order valence-electron chi connectivity index (χ0n) is 17.2. The van der Waals surface area contributed by atoms with Crippen molar-refractivity contribution >= 4 is 44.6 Å². The molecular formula is C21H24N4O3S2. The highest BCUT2D eigenvalue weighted by Crippen LogP contribution is 2.25. The Bertz CT molecular complexity index is 1150. The quantitative estimate of drug-likeness (QED) is 0.459. The summed E-state index contributed by atoms with van der Waals surface area (Å²) in [5, 5.41) is 10.5. The van der Waals surface area contributed by atoms with Crippen LogP contribution in [0.1, 0.15) is 36.6 Å². The van der Waals surface area contributed by atoms with E-state index >= 15 is 0 Å². The molecule has 0 unspecified atom stereocenters. The molecule has 0 aliphatic rings. The van der Waals surface area contributed by atoms with Gasteiger partial charge in [-0.2, -0.15) is 0 Å². The topological polar surface area (TPSA) is 96.3 Å². The van der Waals surface area contributed by atoms with Crippen molar-refractivity contribution in [3.05, 3.63) is 65.4 Å². The van der Waals surface area contributed by atoms with Crippen LogP contribution < -0.4 is 15.4 Å². The number of thiocarbonyl (C=S) groups is 1. The van der Waals surface area contributed by atoms with E-state index in [0.717, 1.165) is 11.3 Å². The largest absolute Gasteiger partial charge is 0.337 e. The van der Waals surface area contributed by atoms with E-state index in [-0.39, 0.29) is 10.8 Å². The number of aryl methyl sites for hydroxylation is 1. The second-order valence-corrected chi connectivity index (χ2v) is 9.26. The van der Waals surface area contributed by atoms with Gasteiger partial charge in [0, 0.05) is 16.9 Å². The summed E-state index contributed by atoms with van der Waals surface area (Å²) >= 11 is 5.40. The maximum Gasteiger partial charge on any atom is 0.264 e. The van der Waals surface area contributed by atoms with Crippen LogP contribution in [0, 0.1) is 13.8 Å². The standard InChI is InChI=1S/C21H24N4O3S2/c1-13(2)18-7-5-6-8-19(18)23-21(29)22-16-9-11-17(12-10-16)30(26,27)25-20-14(3)15(4)24-28-20/h5-13,25H,1-4H3,(H2,22,23,29). The van der Waals surface area contributed by atoms with Crippen molar-refractivity contribution in [2.45, 2.75) is 38.5 Å². The van der Waals surface area contributed by atoms with Gasteiger partial charge < -0.3 is 15.2 Å². The highest BCUT2D eigenvalue weighted by molar-refractivity contribution is 7.92. The van der Waals surface area contributed by atoms with Crippen molar-refractivity contribution in [2.75, 3.05) is 15.4 Å². The van der Waals surface area contributed by atoms with Gasteiger partial charge in [-0.15, -0.1) is 0 Å². The molecule has 1 aromatic heterocycles. The molecule has 3 N–H and O–H groups in total. The molecule has 3 aromatic rings. The lowest BCUT2D eigenvalue weighted by Crippen LogP contribution is -2.20. The van der Waals surface area contributed by atoms with Crippen molar-refractivity contribution in [2.24, 2.45) is 0 Å². The fourth-order valence-corrected chi connectivity index (χ4v) is 4.08. The first kappa shape index (κ1) is 21.8. The third kappa shape index (κ3) is 4.98. The molecule has 9 heteroatoms. The normalized spacial score (nSPS) is 11.4. The van der Waals surface area contributed by atoms with Gasteiger partial charge in [-0.25, -0.2) is 13.1 Å². The summed E-state index contributed by atoms with van der Waals surface area (Å²) < 4.78 is 32.6. The van der Waals surface area contributed by atoms with Gasteiger partial charge in [0.25, 0.3) is 10.0 Å². The monoisotopic (exact) mass is 444 g/mol. The first-order valence-corrected chi connectivity index (χ1v) is 11.3. The Morgan fingerprint density at radius 1 is 1.03 bits per heavy atom. The summed E-state index contributed by atoms with van der Waals surface area (Å²) in [5.74, 6) is 0.467. The minimum absolute atomic E-state index is 0.102. The van der Waals surface area contributed by atoms with Crippen molar-refractivity contribution in [1.82, 2.24) is 5.16 Å². The number of hydrogen-bond donors (Lipinski definition) is 3. The Morgan fingerprint density at radius 2 is 1.70 bits per heavy atom. The third-order valence-corrected chi connectivity index (χ3v) is 6.19. The molecule has 0 aliphatic carbocycles. The number of sulfonamides is 1. The Labute approximate surface area is 181 Å². The summed E-state index contributed by atoms with van der Waals surface area (Å²) in [6, 6.07) is 14.2. The lowest BCUT2D eigenvalue weighted by atomic mass is 10.0. The summed E-state index contributed by atoms with van der Waals surface area (Å²) in [4.78, 5) is 0.102. The van der Waals surface area contributed by atoms with Crippen LogP contribution >= 0.6 is 12.2 Å². The molecule has 0 amide bonds. The van der Waals surface area contributed by atoms with Crippen LogP contribution in [0.4, 0.5) is 17.3 Å². The number of nitrogens with one attached hydrogen (secondary N) is 3. The lowest BCUT2D eigenvalue weighted by Gasteiger charge is -2.16. The third-order valence-electron chi connectivity index (χ3n) is 4.64. The van der Waals surface area contributed by atoms with Crippen LogP contribution in [0.3, 0.4) is 0 Å². The second-order valence-electron chi connectivity index (χ2n) is 7.17. The fraction of sp³-hybridized carbons (Fsp3) is 0.238. The Hall–Kier alpha value is -2.91. The van der Waals surface area contributed by atoms with E-state index in [9.17, 15) is 8.42 Å². The van der Waals surface area contributed by atoms with E-state index in [1.54, 1.807) is 26.0 Å². The zero-order valence-corrected chi connectivity index (χ0v) is 18.8. The van der Waals surface area contributed by atoms with Crippen molar-refractivity contribution in [3.63, 3.8) is 0 Å². The zero-order chi connectivity index (χ0) is 21.9. The van der Waals surface area contributed by atoms with Gasteiger partial charge in [-0.05, 0) is 67.9 Å². The van der Waals surface area contributed by atoms with E-state index in [2.05, 4.69) is 40.4 Å². The first-order valence-electron chi connectivity index (χ1n) is 9.40. The molecule has 30 heavy (non-hydrogen) atoms. The predicted octanol–water partition coefficient (Wildman–Crippen LogP) is 5.02. The number of aromatic nitrogens is 1. The predicted molar refractivity (Wildman–Crippen MR) is 124 cm³/mol. The number of nitrogens with zero attached hydrogens (tertiary/aromatic N) is 1. The highest BCUT2D eigenvalue weighted by atomic mass is 32.2. The van der Waals surface area contributed by atoms with Crippen LogP contribution in [-0.2, 0) is 10.0 Å². The molecule has 0 aliphatic heterocycles. The first-order chi connectivity index (χ1) is 14.2. The highest BCUT2D eigenvalue weighted by Gasteiger charge is 2.19. The van der Waals surface area contributed by atoms with Crippen LogP contribution in [0.5, 0.6) is 0 Å². The smallest absolute Gasteiger partial charge is 0.264 e. The average molecular weight is 445 g/mol. The van der Waals surface area contributed by atoms with Gasteiger partial charge >= 0.3 is 0 Å². The molecule has 0 saturated carbocycles. The second kappa shape index (κ2) is 8.85. The SMILES string of the molecule is Cc1noc(NS(=O)(=O)c2ccc(NC(=S)Nc3ccccc3C(C)C)cc2)c1C. The fourth-order valence-electron chi connectivity index (χ4n) is 2.81. The van der Waals surface area contributed by atoms with Gasteiger partial charge in [-0.3, -0.25) is 0 Å². The number of para-hydroxylation sites is 1. The van der Waals surface area contributed by atoms with Crippen molar-refractivity contribution < 1.29 is 12.9 Å². The average Bonchev–Trinajstić information content (AvgIpc) is 3.00. The molecule has 158 valence electrons. The van der Waals surface area contributed by atoms with Crippen LogP contribution in [0.15, 0.2) is 57.9 Å². The number of hydrogen-bond acceptors (Lipinski definition) is 5. The molecular weight excluding hydrogens is 420 g/mol. The van der Waals surface area contributed by atoms with Crippen LogP contribution in [0.2, 0.25) is 0 Å². The van der Waals surface area contributed by atoms with Gasteiger partial charge in [-0.1, -0.05) is 37.2 Å². The Balaban J connectivity index is 1.68. The molecule has 0 atom stereocenters. The lowest BCUT2D eigenvalue weighted by molar-refractivity contribution is 0.430. The van der Waals surface area contributed by atoms with E-state index < -0.39 is 10.0 Å². The Morgan fingerprint density at radius 3 is 2.30 bits per heavy atom. The van der Waals surface area contributed by atoms with Crippen molar-refractivity contribution in [3.8, 4) is 0 Å².